The van der Waals surface area contributed by atoms with E-state index in [4.69, 9.17) is 4.74 Å². The maximum atomic E-state index is 11.2. The van der Waals surface area contributed by atoms with E-state index in [9.17, 15) is 4.79 Å². The zero-order valence-corrected chi connectivity index (χ0v) is 11.8. The first-order valence-corrected chi connectivity index (χ1v) is 6.51. The monoisotopic (exact) mass is 238 g/mol. The summed E-state index contributed by atoms with van der Waals surface area (Å²) in [6, 6.07) is 0. The van der Waals surface area contributed by atoms with Gasteiger partial charge in [-0.05, 0) is 32.1 Å². The van der Waals surface area contributed by atoms with Crippen LogP contribution in [0.25, 0.3) is 0 Å². The van der Waals surface area contributed by atoms with Crippen molar-refractivity contribution >= 4 is 5.97 Å². The SMILES string of the molecule is CCOC(=O)/C=C(\C)C/C=C/[C@H](C)[C@@H](C)CC. The van der Waals surface area contributed by atoms with E-state index in [1.807, 2.05) is 13.8 Å². The van der Waals surface area contributed by atoms with Crippen LogP contribution in [0.5, 0.6) is 0 Å². The zero-order chi connectivity index (χ0) is 13.3. The fourth-order valence-electron chi connectivity index (χ4n) is 1.47. The van der Waals surface area contributed by atoms with Crippen LogP contribution in [0.15, 0.2) is 23.8 Å². The van der Waals surface area contributed by atoms with Crippen molar-refractivity contribution in [3.63, 3.8) is 0 Å². The molecule has 2 nitrogen and oxygen atoms in total. The Hall–Kier alpha value is -1.05. The molecule has 2 atom stereocenters. The Morgan fingerprint density at radius 1 is 1.29 bits per heavy atom. The van der Waals surface area contributed by atoms with E-state index in [1.165, 1.54) is 6.42 Å². The van der Waals surface area contributed by atoms with E-state index in [1.54, 1.807) is 6.08 Å². The molecule has 0 aliphatic rings. The molecule has 0 rings (SSSR count). The molecule has 0 unspecified atom stereocenters. The summed E-state index contributed by atoms with van der Waals surface area (Å²) < 4.78 is 4.86. The Bertz CT molecular complexity index is 277. The predicted molar refractivity (Wildman–Crippen MR) is 72.8 cm³/mol. The number of carbonyl (C=O) groups is 1. The standard InChI is InChI=1S/C15H26O2/c1-6-13(4)14(5)10-8-9-12(3)11-15(16)17-7-2/h8,10-11,13-14H,6-7,9H2,1-5H3/b10-8+,12-11+/t13-,14-/m0/s1. The van der Waals surface area contributed by atoms with Crippen LogP contribution in [0, 0.1) is 11.8 Å². The van der Waals surface area contributed by atoms with Crippen molar-refractivity contribution in [1.29, 1.82) is 0 Å². The second-order valence-corrected chi connectivity index (χ2v) is 4.62. The van der Waals surface area contributed by atoms with Crippen molar-refractivity contribution in [2.45, 2.75) is 47.5 Å². The Morgan fingerprint density at radius 3 is 2.47 bits per heavy atom. The first kappa shape index (κ1) is 16.0. The van der Waals surface area contributed by atoms with Crippen LogP contribution in [0.4, 0.5) is 0 Å². The summed E-state index contributed by atoms with van der Waals surface area (Å²) in [6.07, 6.45) is 7.96. The summed E-state index contributed by atoms with van der Waals surface area (Å²) in [5.74, 6) is 1.06. The van der Waals surface area contributed by atoms with Crippen LogP contribution in [0.2, 0.25) is 0 Å². The summed E-state index contributed by atoms with van der Waals surface area (Å²) in [7, 11) is 0. The van der Waals surface area contributed by atoms with Gasteiger partial charge in [-0.2, -0.15) is 0 Å². The minimum atomic E-state index is -0.242. The average Bonchev–Trinajstić information content (AvgIpc) is 2.27. The third-order valence-electron chi connectivity index (χ3n) is 3.07. The molecule has 0 aliphatic heterocycles. The molecule has 0 fully saturated rings. The van der Waals surface area contributed by atoms with Crippen LogP contribution in [0.1, 0.15) is 47.5 Å². The lowest BCUT2D eigenvalue weighted by atomic mass is 9.93. The molecule has 0 aliphatic carbocycles. The van der Waals surface area contributed by atoms with Gasteiger partial charge in [0.05, 0.1) is 6.61 Å². The van der Waals surface area contributed by atoms with Gasteiger partial charge in [0, 0.05) is 6.08 Å². The summed E-state index contributed by atoms with van der Waals surface area (Å²) in [4.78, 5) is 11.2. The maximum Gasteiger partial charge on any atom is 0.330 e. The molecule has 0 heterocycles. The molecular weight excluding hydrogens is 212 g/mol. The van der Waals surface area contributed by atoms with Gasteiger partial charge in [0.2, 0.25) is 0 Å². The molecule has 0 N–H and O–H groups in total. The molecular formula is C15H26O2. The number of rotatable bonds is 7. The lowest BCUT2D eigenvalue weighted by molar-refractivity contribution is -0.137. The number of ether oxygens (including phenoxy) is 1. The van der Waals surface area contributed by atoms with Crippen LogP contribution in [-0.4, -0.2) is 12.6 Å². The van der Waals surface area contributed by atoms with E-state index >= 15 is 0 Å². The highest BCUT2D eigenvalue weighted by Gasteiger charge is 2.05. The molecule has 0 amide bonds. The lowest BCUT2D eigenvalue weighted by Gasteiger charge is -2.13. The van der Waals surface area contributed by atoms with Gasteiger partial charge in [-0.1, -0.05) is 44.9 Å². The first-order chi connectivity index (χ1) is 8.01. The topological polar surface area (TPSA) is 26.3 Å². The van der Waals surface area contributed by atoms with Crippen molar-refractivity contribution in [1.82, 2.24) is 0 Å². The summed E-state index contributed by atoms with van der Waals surface area (Å²) in [6.45, 7) is 10.9. The van der Waals surface area contributed by atoms with Gasteiger partial charge in [-0.15, -0.1) is 0 Å². The smallest absolute Gasteiger partial charge is 0.330 e. The van der Waals surface area contributed by atoms with Crippen LogP contribution in [0.3, 0.4) is 0 Å². The van der Waals surface area contributed by atoms with Crippen LogP contribution < -0.4 is 0 Å². The minimum Gasteiger partial charge on any atom is -0.463 e. The van der Waals surface area contributed by atoms with Crippen molar-refractivity contribution < 1.29 is 9.53 Å². The van der Waals surface area contributed by atoms with Crippen molar-refractivity contribution in [3.8, 4) is 0 Å². The third-order valence-corrected chi connectivity index (χ3v) is 3.07. The Kier molecular flexibility index (Phi) is 8.47. The van der Waals surface area contributed by atoms with Gasteiger partial charge in [0.25, 0.3) is 0 Å². The first-order valence-electron chi connectivity index (χ1n) is 6.51. The van der Waals surface area contributed by atoms with Gasteiger partial charge in [0.15, 0.2) is 0 Å². The third kappa shape index (κ3) is 7.78. The number of hydrogen-bond acceptors (Lipinski definition) is 2. The Balaban J connectivity index is 4.10. The highest BCUT2D eigenvalue weighted by molar-refractivity contribution is 5.82. The van der Waals surface area contributed by atoms with Crippen molar-refractivity contribution in [2.75, 3.05) is 6.61 Å². The predicted octanol–water partition coefficient (Wildman–Crippen LogP) is 4.12. The Morgan fingerprint density at radius 2 is 1.94 bits per heavy atom. The fraction of sp³-hybridized carbons (Fsp3) is 0.667. The molecule has 0 aromatic rings. The summed E-state index contributed by atoms with van der Waals surface area (Å²) in [5, 5.41) is 0. The molecule has 0 aromatic heterocycles. The zero-order valence-electron chi connectivity index (χ0n) is 11.8. The molecule has 0 aromatic carbocycles. The van der Waals surface area contributed by atoms with Crippen LogP contribution >= 0.6 is 0 Å². The van der Waals surface area contributed by atoms with E-state index in [0.29, 0.717) is 18.4 Å². The highest BCUT2D eigenvalue weighted by Crippen LogP contribution is 2.16. The molecule has 17 heavy (non-hydrogen) atoms. The molecule has 0 saturated carbocycles. The van der Waals surface area contributed by atoms with Gasteiger partial charge in [0.1, 0.15) is 0 Å². The Labute approximate surface area is 106 Å². The maximum absolute atomic E-state index is 11.2. The summed E-state index contributed by atoms with van der Waals surface area (Å²) in [5.41, 5.74) is 1.04. The van der Waals surface area contributed by atoms with Crippen LogP contribution in [-0.2, 0) is 9.53 Å². The molecule has 98 valence electrons. The number of hydrogen-bond donors (Lipinski definition) is 0. The van der Waals surface area contributed by atoms with Gasteiger partial charge >= 0.3 is 5.97 Å². The van der Waals surface area contributed by atoms with Crippen molar-refractivity contribution in [2.24, 2.45) is 11.8 Å². The minimum absolute atomic E-state index is 0.242. The lowest BCUT2D eigenvalue weighted by Crippen LogP contribution is -2.03. The van der Waals surface area contributed by atoms with E-state index in [-0.39, 0.29) is 5.97 Å². The molecule has 0 spiro atoms. The van der Waals surface area contributed by atoms with Gasteiger partial charge in [-0.25, -0.2) is 4.79 Å². The molecule has 0 bridgehead atoms. The molecule has 0 saturated heterocycles. The number of carbonyl (C=O) groups excluding carboxylic acids is 1. The second-order valence-electron chi connectivity index (χ2n) is 4.62. The largest absolute Gasteiger partial charge is 0.463 e. The normalized spacial score (nSPS) is 15.9. The van der Waals surface area contributed by atoms with E-state index in [2.05, 4.69) is 32.9 Å². The highest BCUT2D eigenvalue weighted by atomic mass is 16.5. The average molecular weight is 238 g/mol. The van der Waals surface area contributed by atoms with Gasteiger partial charge in [-0.3, -0.25) is 0 Å². The quantitative estimate of drug-likeness (QED) is 0.379. The molecule has 0 radical (unpaired) electrons. The van der Waals surface area contributed by atoms with Gasteiger partial charge < -0.3 is 4.74 Å². The fourth-order valence-corrected chi connectivity index (χ4v) is 1.47. The number of allylic oxidation sites excluding steroid dienone is 3. The second kappa shape index (κ2) is 9.03. The van der Waals surface area contributed by atoms with Crippen molar-refractivity contribution in [3.05, 3.63) is 23.8 Å². The number of esters is 1. The summed E-state index contributed by atoms with van der Waals surface area (Å²) >= 11 is 0. The van der Waals surface area contributed by atoms with E-state index in [0.717, 1.165) is 12.0 Å². The molecule has 2 heteroatoms. The van der Waals surface area contributed by atoms with E-state index < -0.39 is 0 Å².